The Hall–Kier alpha value is -1.87. The zero-order chi connectivity index (χ0) is 15.7. The molecule has 0 bridgehead atoms. The maximum atomic E-state index is 11.9. The van der Waals surface area contributed by atoms with Gasteiger partial charge in [0.1, 0.15) is 0 Å². The summed E-state index contributed by atoms with van der Waals surface area (Å²) in [5.74, 6) is -0.458. The van der Waals surface area contributed by atoms with Crippen molar-refractivity contribution in [3.8, 4) is 5.88 Å². The van der Waals surface area contributed by atoms with Crippen LogP contribution in [0.25, 0.3) is 0 Å². The molecule has 6 nitrogen and oxygen atoms in total. The summed E-state index contributed by atoms with van der Waals surface area (Å²) in [6, 6.07) is 2.66. The van der Waals surface area contributed by atoms with Crippen LogP contribution < -0.4 is 15.4 Å². The number of amides is 1. The standard InChI is InChI=1S/C12H16F3N3O3/c1-20-5-4-16-7-10(19)18-9-2-3-11(17-6-9)21-8-12(13,14)15/h2-3,6,16H,4-5,7-8H2,1H3,(H,18,19). The summed E-state index contributed by atoms with van der Waals surface area (Å²) < 4.78 is 45.1. The van der Waals surface area contributed by atoms with E-state index in [9.17, 15) is 18.0 Å². The molecule has 1 amide bonds. The maximum Gasteiger partial charge on any atom is 0.422 e. The van der Waals surface area contributed by atoms with Crippen molar-refractivity contribution in [3.63, 3.8) is 0 Å². The van der Waals surface area contributed by atoms with Gasteiger partial charge in [-0.05, 0) is 6.07 Å². The molecule has 0 aliphatic carbocycles. The van der Waals surface area contributed by atoms with Gasteiger partial charge in [-0.1, -0.05) is 0 Å². The molecule has 1 heterocycles. The molecule has 0 unspecified atom stereocenters. The topological polar surface area (TPSA) is 72.5 Å². The van der Waals surface area contributed by atoms with Gasteiger partial charge in [0.05, 0.1) is 25.0 Å². The van der Waals surface area contributed by atoms with Crippen molar-refractivity contribution >= 4 is 11.6 Å². The molecule has 1 aromatic heterocycles. The number of carbonyl (C=O) groups excluding carboxylic acids is 1. The quantitative estimate of drug-likeness (QED) is 0.706. The summed E-state index contributed by atoms with van der Waals surface area (Å²) in [4.78, 5) is 15.2. The number of halogens is 3. The van der Waals surface area contributed by atoms with E-state index < -0.39 is 12.8 Å². The monoisotopic (exact) mass is 307 g/mol. The minimum absolute atomic E-state index is 0.0929. The Balaban J connectivity index is 2.35. The van der Waals surface area contributed by atoms with Crippen LogP contribution in [0.3, 0.4) is 0 Å². The minimum atomic E-state index is -4.41. The number of carbonyl (C=O) groups is 1. The molecule has 2 N–H and O–H groups in total. The Morgan fingerprint density at radius 2 is 2.14 bits per heavy atom. The van der Waals surface area contributed by atoms with Crippen LogP contribution in [0.15, 0.2) is 18.3 Å². The van der Waals surface area contributed by atoms with Gasteiger partial charge in [0.25, 0.3) is 0 Å². The molecule has 21 heavy (non-hydrogen) atoms. The molecule has 0 aromatic carbocycles. The lowest BCUT2D eigenvalue weighted by atomic mass is 10.4. The number of hydrogen-bond acceptors (Lipinski definition) is 5. The molecule has 0 aliphatic rings. The summed E-state index contributed by atoms with van der Waals surface area (Å²) in [6.07, 6.45) is -3.19. The molecule has 0 saturated carbocycles. The van der Waals surface area contributed by atoms with Crippen LogP contribution in [0.1, 0.15) is 0 Å². The number of hydrogen-bond donors (Lipinski definition) is 2. The molecule has 1 aromatic rings. The van der Waals surface area contributed by atoms with Crippen LogP contribution in [-0.2, 0) is 9.53 Å². The van der Waals surface area contributed by atoms with Gasteiger partial charge < -0.3 is 20.1 Å². The van der Waals surface area contributed by atoms with Gasteiger partial charge in [0.15, 0.2) is 6.61 Å². The number of pyridine rings is 1. The highest BCUT2D eigenvalue weighted by Crippen LogP contribution is 2.17. The van der Waals surface area contributed by atoms with Crippen molar-refractivity contribution in [2.75, 3.05) is 38.7 Å². The number of aromatic nitrogens is 1. The number of nitrogens with one attached hydrogen (secondary N) is 2. The van der Waals surface area contributed by atoms with E-state index in [1.54, 1.807) is 7.11 Å². The Kier molecular flexibility index (Phi) is 6.89. The van der Waals surface area contributed by atoms with Crippen molar-refractivity contribution in [2.45, 2.75) is 6.18 Å². The van der Waals surface area contributed by atoms with E-state index in [2.05, 4.69) is 20.4 Å². The van der Waals surface area contributed by atoms with E-state index in [1.165, 1.54) is 18.3 Å². The molecule has 9 heteroatoms. The zero-order valence-corrected chi connectivity index (χ0v) is 11.4. The molecular weight excluding hydrogens is 291 g/mol. The van der Waals surface area contributed by atoms with Gasteiger partial charge in [-0.15, -0.1) is 0 Å². The number of ether oxygens (including phenoxy) is 2. The first kappa shape index (κ1) is 17.2. The summed E-state index contributed by atoms with van der Waals surface area (Å²) in [7, 11) is 1.55. The molecule has 1 rings (SSSR count). The van der Waals surface area contributed by atoms with E-state index >= 15 is 0 Å². The van der Waals surface area contributed by atoms with Crippen molar-refractivity contribution in [1.29, 1.82) is 0 Å². The fraction of sp³-hybridized carbons (Fsp3) is 0.500. The van der Waals surface area contributed by atoms with Gasteiger partial charge in [-0.2, -0.15) is 13.2 Å². The highest BCUT2D eigenvalue weighted by atomic mass is 19.4. The second-order valence-corrected chi connectivity index (χ2v) is 4.01. The smallest absolute Gasteiger partial charge is 0.422 e. The van der Waals surface area contributed by atoms with Crippen molar-refractivity contribution in [1.82, 2.24) is 10.3 Å². The Morgan fingerprint density at radius 1 is 1.38 bits per heavy atom. The fourth-order valence-electron chi connectivity index (χ4n) is 1.28. The first-order valence-electron chi connectivity index (χ1n) is 6.06. The lowest BCUT2D eigenvalue weighted by molar-refractivity contribution is -0.154. The highest BCUT2D eigenvalue weighted by molar-refractivity contribution is 5.92. The molecule has 118 valence electrons. The van der Waals surface area contributed by atoms with E-state index in [0.29, 0.717) is 18.8 Å². The number of anilines is 1. The number of nitrogens with zero attached hydrogens (tertiary/aromatic N) is 1. The molecule has 0 spiro atoms. The molecule has 0 saturated heterocycles. The third-order valence-corrected chi connectivity index (χ3v) is 2.17. The van der Waals surface area contributed by atoms with Crippen LogP contribution in [0.4, 0.5) is 18.9 Å². The largest absolute Gasteiger partial charge is 0.468 e. The Labute approximate surface area is 119 Å². The second-order valence-electron chi connectivity index (χ2n) is 4.01. The first-order valence-corrected chi connectivity index (χ1v) is 6.06. The summed E-state index contributed by atoms with van der Waals surface area (Å²) in [6.45, 7) is -0.294. The van der Waals surface area contributed by atoms with Gasteiger partial charge >= 0.3 is 6.18 Å². The summed E-state index contributed by atoms with van der Waals surface area (Å²) in [5, 5.41) is 5.38. The summed E-state index contributed by atoms with van der Waals surface area (Å²) >= 11 is 0. The molecule has 0 atom stereocenters. The van der Waals surface area contributed by atoms with Crippen molar-refractivity contribution < 1.29 is 27.4 Å². The van der Waals surface area contributed by atoms with Gasteiger partial charge in [0, 0.05) is 19.7 Å². The van der Waals surface area contributed by atoms with E-state index in [1.807, 2.05) is 0 Å². The zero-order valence-electron chi connectivity index (χ0n) is 11.4. The van der Waals surface area contributed by atoms with E-state index in [-0.39, 0.29) is 18.3 Å². The number of methoxy groups -OCH3 is 1. The Bertz CT molecular complexity index is 438. The van der Waals surface area contributed by atoms with Crippen LogP contribution >= 0.6 is 0 Å². The van der Waals surface area contributed by atoms with Crippen molar-refractivity contribution in [3.05, 3.63) is 18.3 Å². The highest BCUT2D eigenvalue weighted by Gasteiger charge is 2.28. The first-order chi connectivity index (χ1) is 9.90. The van der Waals surface area contributed by atoms with Crippen LogP contribution in [0, 0.1) is 0 Å². The SMILES string of the molecule is COCCNCC(=O)Nc1ccc(OCC(F)(F)F)nc1. The lowest BCUT2D eigenvalue weighted by Gasteiger charge is -2.09. The van der Waals surface area contributed by atoms with Crippen LogP contribution in [0.2, 0.25) is 0 Å². The minimum Gasteiger partial charge on any atom is -0.468 e. The summed E-state index contributed by atoms with van der Waals surface area (Å²) in [5.41, 5.74) is 0.368. The molecule has 0 aliphatic heterocycles. The van der Waals surface area contributed by atoms with E-state index in [4.69, 9.17) is 4.74 Å². The van der Waals surface area contributed by atoms with Crippen LogP contribution in [-0.4, -0.2) is 50.5 Å². The maximum absolute atomic E-state index is 11.9. The lowest BCUT2D eigenvalue weighted by Crippen LogP contribution is -2.30. The predicted molar refractivity (Wildman–Crippen MR) is 69.2 cm³/mol. The van der Waals surface area contributed by atoms with Gasteiger partial charge in [-0.3, -0.25) is 4.79 Å². The number of rotatable bonds is 8. The van der Waals surface area contributed by atoms with Crippen LogP contribution in [0.5, 0.6) is 5.88 Å². The van der Waals surface area contributed by atoms with Gasteiger partial charge in [0.2, 0.25) is 11.8 Å². The fourth-order valence-corrected chi connectivity index (χ4v) is 1.28. The predicted octanol–water partition coefficient (Wildman–Crippen LogP) is 1.20. The van der Waals surface area contributed by atoms with Gasteiger partial charge in [-0.25, -0.2) is 4.98 Å². The molecular formula is C12H16F3N3O3. The van der Waals surface area contributed by atoms with E-state index in [0.717, 1.165) is 0 Å². The normalized spacial score (nSPS) is 11.2. The Morgan fingerprint density at radius 3 is 2.71 bits per heavy atom. The average Bonchev–Trinajstić information content (AvgIpc) is 2.42. The van der Waals surface area contributed by atoms with Crippen molar-refractivity contribution in [2.24, 2.45) is 0 Å². The second kappa shape index (κ2) is 8.42. The third-order valence-electron chi connectivity index (χ3n) is 2.17. The third kappa shape index (κ3) is 8.10. The number of alkyl halides is 3. The molecule has 0 fully saturated rings. The average molecular weight is 307 g/mol. The molecule has 0 radical (unpaired) electrons.